The number of amides is 3. The van der Waals surface area contributed by atoms with Gasteiger partial charge in [0.25, 0.3) is 5.91 Å². The quantitative estimate of drug-likeness (QED) is 0.371. The number of hydrogen-bond acceptors (Lipinski definition) is 3. The fourth-order valence-electron chi connectivity index (χ4n) is 4.03. The SMILES string of the molecule is Cc1ccc(NC(=O)c2cc3cc(Br)ccc3n2NC(=O)C(=O)NC2CCCCC2)c(Br)c1. The van der Waals surface area contributed by atoms with Crippen molar-refractivity contribution in [3.63, 3.8) is 0 Å². The number of aromatic nitrogens is 1. The zero-order valence-corrected chi connectivity index (χ0v) is 21.3. The van der Waals surface area contributed by atoms with Crippen LogP contribution in [0.1, 0.15) is 48.2 Å². The summed E-state index contributed by atoms with van der Waals surface area (Å²) in [6.45, 7) is 1.96. The number of nitrogens with one attached hydrogen (secondary N) is 3. The zero-order valence-electron chi connectivity index (χ0n) is 18.1. The molecule has 1 saturated carbocycles. The van der Waals surface area contributed by atoms with Crippen molar-refractivity contribution in [3.8, 4) is 0 Å². The van der Waals surface area contributed by atoms with Crippen LogP contribution in [-0.4, -0.2) is 28.4 Å². The van der Waals surface area contributed by atoms with Crippen LogP contribution in [0.15, 0.2) is 51.4 Å². The van der Waals surface area contributed by atoms with Crippen molar-refractivity contribution in [2.24, 2.45) is 0 Å². The number of carbonyl (C=O) groups is 3. The lowest BCUT2D eigenvalue weighted by Gasteiger charge is -2.22. The minimum absolute atomic E-state index is 0.0102. The maximum absolute atomic E-state index is 13.2. The third kappa shape index (κ3) is 5.47. The lowest BCUT2D eigenvalue weighted by atomic mass is 9.95. The molecule has 0 aliphatic heterocycles. The molecular formula is C24H24Br2N4O3. The van der Waals surface area contributed by atoms with Gasteiger partial charge in [0.15, 0.2) is 0 Å². The number of benzene rings is 2. The molecular weight excluding hydrogens is 552 g/mol. The first-order chi connectivity index (χ1) is 15.8. The summed E-state index contributed by atoms with van der Waals surface area (Å²) < 4.78 is 2.95. The van der Waals surface area contributed by atoms with Crippen LogP contribution in [0.4, 0.5) is 5.69 Å². The molecule has 9 heteroatoms. The molecule has 3 aromatic rings. The Morgan fingerprint density at radius 1 is 0.939 bits per heavy atom. The highest BCUT2D eigenvalue weighted by atomic mass is 79.9. The lowest BCUT2D eigenvalue weighted by molar-refractivity contribution is -0.137. The molecule has 0 spiro atoms. The molecule has 0 unspecified atom stereocenters. The third-order valence-electron chi connectivity index (χ3n) is 5.73. The first kappa shape index (κ1) is 23.5. The number of hydrogen-bond donors (Lipinski definition) is 3. The summed E-state index contributed by atoms with van der Waals surface area (Å²) in [7, 11) is 0. The zero-order chi connectivity index (χ0) is 23.5. The van der Waals surface area contributed by atoms with Crippen LogP contribution in [-0.2, 0) is 9.59 Å². The Hall–Kier alpha value is -2.65. The Labute approximate surface area is 208 Å². The van der Waals surface area contributed by atoms with Crippen LogP contribution in [0.5, 0.6) is 0 Å². The monoisotopic (exact) mass is 574 g/mol. The van der Waals surface area contributed by atoms with Crippen LogP contribution < -0.4 is 16.1 Å². The minimum Gasteiger partial charge on any atom is -0.345 e. The molecule has 7 nitrogen and oxygen atoms in total. The Bertz CT molecular complexity index is 1230. The standard InChI is InChI=1S/C24H24Br2N4O3/c1-14-7-9-19(18(26)11-14)28-22(31)21-13-15-12-16(25)8-10-20(15)30(21)29-24(33)23(32)27-17-5-3-2-4-6-17/h7-13,17H,2-6H2,1H3,(H,27,32)(H,28,31)(H,29,33). The van der Waals surface area contributed by atoms with Crippen molar-refractivity contribution in [2.45, 2.75) is 45.1 Å². The maximum atomic E-state index is 13.2. The molecule has 1 aliphatic rings. The van der Waals surface area contributed by atoms with Gasteiger partial charge in [-0.05, 0) is 77.7 Å². The van der Waals surface area contributed by atoms with Gasteiger partial charge in [-0.2, -0.15) is 0 Å². The second-order valence-electron chi connectivity index (χ2n) is 8.25. The second kappa shape index (κ2) is 10.1. The largest absolute Gasteiger partial charge is 0.345 e. The van der Waals surface area contributed by atoms with Gasteiger partial charge in [0.1, 0.15) is 5.69 Å². The molecule has 3 N–H and O–H groups in total. The number of anilines is 1. The summed E-state index contributed by atoms with van der Waals surface area (Å²) >= 11 is 6.90. The predicted octanol–water partition coefficient (Wildman–Crippen LogP) is 5.25. The normalized spacial score (nSPS) is 14.2. The van der Waals surface area contributed by atoms with Gasteiger partial charge in [0, 0.05) is 20.4 Å². The van der Waals surface area contributed by atoms with E-state index in [1.165, 1.54) is 4.68 Å². The summed E-state index contributed by atoms with van der Waals surface area (Å²) in [5.41, 5.74) is 5.07. The van der Waals surface area contributed by atoms with Gasteiger partial charge < -0.3 is 10.6 Å². The Kier molecular flexibility index (Phi) is 7.19. The molecule has 1 heterocycles. The molecule has 3 amide bonds. The molecule has 4 rings (SSSR count). The summed E-state index contributed by atoms with van der Waals surface area (Å²) in [6.07, 6.45) is 4.99. The number of fused-ring (bicyclic) bond motifs is 1. The van der Waals surface area contributed by atoms with Crippen molar-refractivity contribution < 1.29 is 14.4 Å². The highest BCUT2D eigenvalue weighted by molar-refractivity contribution is 9.10. The van der Waals surface area contributed by atoms with E-state index in [2.05, 4.69) is 47.9 Å². The average Bonchev–Trinajstić information content (AvgIpc) is 3.13. The molecule has 0 bridgehead atoms. The Balaban J connectivity index is 1.60. The Morgan fingerprint density at radius 2 is 1.70 bits per heavy atom. The molecule has 0 atom stereocenters. The maximum Gasteiger partial charge on any atom is 0.328 e. The second-order valence-corrected chi connectivity index (χ2v) is 10.0. The van der Waals surface area contributed by atoms with Gasteiger partial charge in [-0.1, -0.05) is 41.3 Å². The molecule has 2 aromatic carbocycles. The van der Waals surface area contributed by atoms with E-state index in [0.29, 0.717) is 11.2 Å². The molecule has 0 radical (unpaired) electrons. The van der Waals surface area contributed by atoms with Gasteiger partial charge in [-0.15, -0.1) is 0 Å². The van der Waals surface area contributed by atoms with E-state index in [-0.39, 0.29) is 11.7 Å². The van der Waals surface area contributed by atoms with Gasteiger partial charge in [0.2, 0.25) is 0 Å². The van der Waals surface area contributed by atoms with Crippen molar-refractivity contribution in [1.29, 1.82) is 0 Å². The number of rotatable bonds is 4. The molecule has 1 fully saturated rings. The fourth-order valence-corrected chi connectivity index (χ4v) is 5.00. The van der Waals surface area contributed by atoms with Gasteiger partial charge in [-0.25, -0.2) is 4.68 Å². The summed E-state index contributed by atoms with van der Waals surface area (Å²) in [5, 5.41) is 6.42. The number of aryl methyl sites for hydroxylation is 1. The van der Waals surface area contributed by atoms with Crippen LogP contribution >= 0.6 is 31.9 Å². The lowest BCUT2D eigenvalue weighted by Crippen LogP contribution is -2.44. The highest BCUT2D eigenvalue weighted by Crippen LogP contribution is 2.27. The van der Waals surface area contributed by atoms with E-state index < -0.39 is 17.7 Å². The number of halogens is 2. The smallest absolute Gasteiger partial charge is 0.328 e. The van der Waals surface area contributed by atoms with Crippen LogP contribution in [0, 0.1) is 6.92 Å². The van der Waals surface area contributed by atoms with E-state index >= 15 is 0 Å². The Morgan fingerprint density at radius 3 is 2.42 bits per heavy atom. The highest BCUT2D eigenvalue weighted by Gasteiger charge is 2.24. The summed E-state index contributed by atoms with van der Waals surface area (Å²) in [4.78, 5) is 38.4. The topological polar surface area (TPSA) is 92.2 Å². The van der Waals surface area contributed by atoms with E-state index in [1.54, 1.807) is 18.2 Å². The fraction of sp³-hybridized carbons (Fsp3) is 0.292. The minimum atomic E-state index is -0.813. The molecule has 1 aromatic heterocycles. The summed E-state index contributed by atoms with van der Waals surface area (Å²) in [5.74, 6) is -1.93. The molecule has 33 heavy (non-hydrogen) atoms. The first-order valence-corrected chi connectivity index (χ1v) is 12.4. The van der Waals surface area contributed by atoms with Crippen molar-refractivity contribution >= 4 is 66.2 Å². The van der Waals surface area contributed by atoms with Crippen molar-refractivity contribution in [1.82, 2.24) is 9.99 Å². The third-order valence-corrected chi connectivity index (χ3v) is 6.88. The van der Waals surface area contributed by atoms with Gasteiger partial charge in [0.05, 0.1) is 11.2 Å². The van der Waals surface area contributed by atoms with Gasteiger partial charge in [-0.3, -0.25) is 19.8 Å². The molecule has 1 aliphatic carbocycles. The molecule has 0 saturated heterocycles. The number of nitrogens with zero attached hydrogens (tertiary/aromatic N) is 1. The van der Waals surface area contributed by atoms with Crippen LogP contribution in [0.3, 0.4) is 0 Å². The van der Waals surface area contributed by atoms with Crippen LogP contribution in [0.25, 0.3) is 10.9 Å². The molecule has 172 valence electrons. The number of carbonyl (C=O) groups excluding carboxylic acids is 3. The average molecular weight is 576 g/mol. The van der Waals surface area contributed by atoms with E-state index in [4.69, 9.17) is 0 Å². The predicted molar refractivity (Wildman–Crippen MR) is 136 cm³/mol. The van der Waals surface area contributed by atoms with E-state index in [1.807, 2.05) is 31.2 Å². The first-order valence-electron chi connectivity index (χ1n) is 10.8. The van der Waals surface area contributed by atoms with Crippen LogP contribution in [0.2, 0.25) is 0 Å². The van der Waals surface area contributed by atoms with E-state index in [9.17, 15) is 14.4 Å². The summed E-state index contributed by atoms with van der Waals surface area (Å²) in [6, 6.07) is 12.7. The van der Waals surface area contributed by atoms with E-state index in [0.717, 1.165) is 52.0 Å². The van der Waals surface area contributed by atoms with Gasteiger partial charge >= 0.3 is 11.8 Å². The van der Waals surface area contributed by atoms with Crippen molar-refractivity contribution in [3.05, 3.63) is 62.7 Å². The van der Waals surface area contributed by atoms with Crippen molar-refractivity contribution in [2.75, 3.05) is 10.7 Å².